The molecule has 0 radical (unpaired) electrons. The van der Waals surface area contributed by atoms with Crippen molar-refractivity contribution in [1.29, 1.82) is 0 Å². The number of anilines is 2. The quantitative estimate of drug-likeness (QED) is 0.270. The van der Waals surface area contributed by atoms with Crippen molar-refractivity contribution >= 4 is 34.4 Å². The van der Waals surface area contributed by atoms with Crippen molar-refractivity contribution in [2.24, 2.45) is 0 Å². The standard InChI is InChI=1S/C20H16FN5O2.C2HF3O2/c21-14-3-5-15(6-4-14)24-18-8-1-12(10-22-18)11-23-19(27)13-2-7-16-17(9-13)26-20(28)25-16;3-2(4,5)1(6)7/h1-10H,11H2,(H,22,24)(H,23,27)(H2,25,26,28);(H,6,7). The molecule has 4 rings (SSSR count). The van der Waals surface area contributed by atoms with Crippen LogP contribution in [0.25, 0.3) is 11.0 Å². The maximum Gasteiger partial charge on any atom is 0.490 e. The third-order valence-corrected chi connectivity index (χ3v) is 4.42. The van der Waals surface area contributed by atoms with Gasteiger partial charge in [-0.1, -0.05) is 6.07 Å². The number of hydrogen-bond donors (Lipinski definition) is 5. The van der Waals surface area contributed by atoms with Crippen molar-refractivity contribution in [3.63, 3.8) is 0 Å². The number of aromatic amines is 2. The number of aromatic nitrogens is 3. The zero-order valence-corrected chi connectivity index (χ0v) is 17.6. The molecule has 182 valence electrons. The molecule has 0 aliphatic rings. The summed E-state index contributed by atoms with van der Waals surface area (Å²) in [5, 5.41) is 13.0. The van der Waals surface area contributed by atoms with E-state index in [2.05, 4.69) is 25.6 Å². The van der Waals surface area contributed by atoms with E-state index in [9.17, 15) is 27.2 Å². The molecule has 4 aromatic rings. The fourth-order valence-corrected chi connectivity index (χ4v) is 2.74. The molecule has 2 heterocycles. The summed E-state index contributed by atoms with van der Waals surface area (Å²) in [5.74, 6) is -2.69. The van der Waals surface area contributed by atoms with Crippen LogP contribution in [0.5, 0.6) is 0 Å². The molecule has 1 amide bonds. The molecule has 0 aliphatic heterocycles. The molecule has 13 heteroatoms. The third-order valence-electron chi connectivity index (χ3n) is 4.42. The highest BCUT2D eigenvalue weighted by Crippen LogP contribution is 2.16. The van der Waals surface area contributed by atoms with Crippen molar-refractivity contribution in [1.82, 2.24) is 20.3 Å². The highest BCUT2D eigenvalue weighted by molar-refractivity contribution is 5.97. The van der Waals surface area contributed by atoms with Gasteiger partial charge in [0.15, 0.2) is 0 Å². The lowest BCUT2D eigenvalue weighted by Crippen LogP contribution is -2.22. The lowest BCUT2D eigenvalue weighted by Gasteiger charge is -2.08. The maximum absolute atomic E-state index is 12.9. The fraction of sp³-hybridized carbons (Fsp3) is 0.0909. The van der Waals surface area contributed by atoms with Crippen molar-refractivity contribution in [3.8, 4) is 0 Å². The van der Waals surface area contributed by atoms with Gasteiger partial charge >= 0.3 is 17.8 Å². The highest BCUT2D eigenvalue weighted by Gasteiger charge is 2.38. The van der Waals surface area contributed by atoms with E-state index in [0.29, 0.717) is 29.0 Å². The molecule has 0 fully saturated rings. The topological polar surface area (TPSA) is 140 Å². The third kappa shape index (κ3) is 7.15. The van der Waals surface area contributed by atoms with Gasteiger partial charge in [-0.15, -0.1) is 0 Å². The molecule has 5 N–H and O–H groups in total. The summed E-state index contributed by atoms with van der Waals surface area (Å²) in [6.07, 6.45) is -3.43. The van der Waals surface area contributed by atoms with Crippen LogP contribution in [-0.4, -0.2) is 38.1 Å². The number of carbonyl (C=O) groups is 2. The van der Waals surface area contributed by atoms with E-state index in [1.54, 1.807) is 42.6 Å². The molecule has 9 nitrogen and oxygen atoms in total. The van der Waals surface area contributed by atoms with Gasteiger partial charge < -0.3 is 25.7 Å². The Morgan fingerprint density at radius 2 is 1.63 bits per heavy atom. The van der Waals surface area contributed by atoms with E-state index >= 15 is 0 Å². The van der Waals surface area contributed by atoms with E-state index in [1.165, 1.54) is 12.1 Å². The Morgan fingerprint density at radius 3 is 2.23 bits per heavy atom. The number of pyridine rings is 1. The van der Waals surface area contributed by atoms with Crippen LogP contribution < -0.4 is 16.3 Å². The first-order valence-corrected chi connectivity index (χ1v) is 9.79. The molecule has 0 unspecified atom stereocenters. The molecule has 2 aromatic heterocycles. The summed E-state index contributed by atoms with van der Waals surface area (Å²) in [4.78, 5) is 42.1. The monoisotopic (exact) mass is 491 g/mol. The molecule has 0 aliphatic carbocycles. The molecule has 0 bridgehead atoms. The summed E-state index contributed by atoms with van der Waals surface area (Å²) in [7, 11) is 0. The summed E-state index contributed by atoms with van der Waals surface area (Å²) in [6, 6.07) is 14.6. The number of imidazole rings is 1. The molecule has 2 aromatic carbocycles. The number of nitrogens with zero attached hydrogens (tertiary/aromatic N) is 1. The second-order valence-corrected chi connectivity index (χ2v) is 7.01. The second-order valence-electron chi connectivity index (χ2n) is 7.01. The number of alkyl halides is 3. The minimum absolute atomic E-state index is 0.252. The largest absolute Gasteiger partial charge is 0.490 e. The normalized spacial score (nSPS) is 10.9. The fourth-order valence-electron chi connectivity index (χ4n) is 2.74. The van der Waals surface area contributed by atoms with Gasteiger partial charge in [0, 0.05) is 24.0 Å². The molecule has 0 spiro atoms. The summed E-state index contributed by atoms with van der Waals surface area (Å²) in [5.41, 5.74) is 2.92. The van der Waals surface area contributed by atoms with Gasteiger partial charge in [-0.2, -0.15) is 13.2 Å². The number of halogens is 4. The number of carboxylic acid groups (broad SMARTS) is 1. The van der Waals surface area contributed by atoms with Crippen LogP contribution >= 0.6 is 0 Å². The van der Waals surface area contributed by atoms with Crippen LogP contribution in [-0.2, 0) is 11.3 Å². The molecule has 35 heavy (non-hydrogen) atoms. The summed E-state index contributed by atoms with van der Waals surface area (Å²) in [6.45, 7) is 0.310. The van der Waals surface area contributed by atoms with E-state index in [0.717, 1.165) is 11.3 Å². The SMILES string of the molecule is O=C(NCc1ccc(Nc2ccc(F)cc2)nc1)c1ccc2[nH]c(=O)[nH]c2c1.O=C(O)C(F)(F)F. The first kappa shape index (κ1) is 25.0. The Bertz CT molecular complexity index is 1380. The summed E-state index contributed by atoms with van der Waals surface area (Å²) >= 11 is 0. The highest BCUT2D eigenvalue weighted by atomic mass is 19.4. The van der Waals surface area contributed by atoms with Crippen LogP contribution in [0.2, 0.25) is 0 Å². The van der Waals surface area contributed by atoms with Crippen molar-refractivity contribution < 1.29 is 32.3 Å². The predicted molar refractivity (Wildman–Crippen MR) is 118 cm³/mol. The van der Waals surface area contributed by atoms with Crippen LogP contribution in [0.4, 0.5) is 29.1 Å². The van der Waals surface area contributed by atoms with Gasteiger partial charge in [-0.05, 0) is 54.1 Å². The Morgan fingerprint density at radius 1 is 0.971 bits per heavy atom. The van der Waals surface area contributed by atoms with E-state index < -0.39 is 12.1 Å². The van der Waals surface area contributed by atoms with E-state index in [4.69, 9.17) is 9.90 Å². The molecular weight excluding hydrogens is 474 g/mol. The molecular formula is C22H17F4N5O4. The number of rotatable bonds is 5. The zero-order chi connectivity index (χ0) is 25.6. The van der Waals surface area contributed by atoms with Crippen LogP contribution in [0.1, 0.15) is 15.9 Å². The Kier molecular flexibility index (Phi) is 7.49. The van der Waals surface area contributed by atoms with Gasteiger partial charge in [0.2, 0.25) is 0 Å². The number of H-pyrrole nitrogens is 2. The number of nitrogens with one attached hydrogen (secondary N) is 4. The van der Waals surface area contributed by atoms with E-state index in [-0.39, 0.29) is 17.4 Å². The first-order chi connectivity index (χ1) is 16.5. The number of hydrogen-bond acceptors (Lipinski definition) is 5. The Labute approximate surface area is 193 Å². The van der Waals surface area contributed by atoms with Crippen molar-refractivity contribution in [2.45, 2.75) is 12.7 Å². The van der Waals surface area contributed by atoms with E-state index in [1.807, 2.05) is 6.07 Å². The predicted octanol–water partition coefficient (Wildman–Crippen LogP) is 3.70. The van der Waals surface area contributed by atoms with Gasteiger partial charge in [-0.25, -0.2) is 19.0 Å². The number of aliphatic carboxylic acids is 1. The zero-order valence-electron chi connectivity index (χ0n) is 17.6. The van der Waals surface area contributed by atoms with Crippen LogP contribution in [0, 0.1) is 5.82 Å². The number of amides is 1. The number of carbonyl (C=O) groups excluding carboxylic acids is 1. The number of carboxylic acids is 1. The van der Waals surface area contributed by atoms with Gasteiger partial charge in [-0.3, -0.25) is 4.79 Å². The van der Waals surface area contributed by atoms with Crippen molar-refractivity contribution in [3.05, 3.63) is 88.2 Å². The van der Waals surface area contributed by atoms with Crippen LogP contribution in [0.3, 0.4) is 0 Å². The smallest absolute Gasteiger partial charge is 0.475 e. The van der Waals surface area contributed by atoms with Crippen molar-refractivity contribution in [2.75, 3.05) is 5.32 Å². The lowest BCUT2D eigenvalue weighted by atomic mass is 10.2. The van der Waals surface area contributed by atoms with Gasteiger partial charge in [0.25, 0.3) is 5.91 Å². The average molecular weight is 491 g/mol. The average Bonchev–Trinajstić information content (AvgIpc) is 3.19. The maximum atomic E-state index is 12.9. The minimum atomic E-state index is -5.08. The number of fused-ring (bicyclic) bond motifs is 1. The van der Waals surface area contributed by atoms with Crippen LogP contribution in [0.15, 0.2) is 65.6 Å². The molecule has 0 saturated heterocycles. The Balaban J connectivity index is 0.000000429. The molecule has 0 atom stereocenters. The minimum Gasteiger partial charge on any atom is -0.475 e. The van der Waals surface area contributed by atoms with Gasteiger partial charge in [0.1, 0.15) is 11.6 Å². The molecule has 0 saturated carbocycles. The Hall–Kier alpha value is -4.68. The number of benzene rings is 2. The second kappa shape index (κ2) is 10.5. The summed E-state index contributed by atoms with van der Waals surface area (Å²) < 4.78 is 44.7. The van der Waals surface area contributed by atoms with Gasteiger partial charge in [0.05, 0.1) is 11.0 Å². The lowest BCUT2D eigenvalue weighted by molar-refractivity contribution is -0.192. The first-order valence-electron chi connectivity index (χ1n) is 9.79.